The van der Waals surface area contributed by atoms with Crippen LogP contribution in [0.1, 0.15) is 30.9 Å². The molecule has 1 aromatic carbocycles. The molecule has 7 nitrogen and oxygen atoms in total. The number of hydrogen-bond donors (Lipinski definition) is 3. The molecule has 1 fully saturated rings. The molecular formula is C20H28N2O5. The lowest BCUT2D eigenvalue weighted by atomic mass is 10.0. The van der Waals surface area contributed by atoms with Crippen LogP contribution in [0.2, 0.25) is 0 Å². The molecule has 2 rings (SSSR count). The van der Waals surface area contributed by atoms with E-state index in [1.807, 2.05) is 0 Å². The van der Waals surface area contributed by atoms with Gasteiger partial charge in [-0.1, -0.05) is 37.8 Å². The number of nitrogens with zero attached hydrogens (tertiary/aromatic N) is 1. The third-order valence-corrected chi connectivity index (χ3v) is 3.91. The molecule has 0 spiro atoms. The second-order valence-corrected chi connectivity index (χ2v) is 6.47. The molecule has 1 heterocycles. The highest BCUT2D eigenvalue weighted by molar-refractivity contribution is 6.27. The summed E-state index contributed by atoms with van der Waals surface area (Å²) in [6.07, 6.45) is 0. The minimum atomic E-state index is -1.82. The standard InChI is InChI=1S/C18H26N2O.C2H2O4/c1-15(2)17-7-6-16(3)14-18(17)21-13-5-4-10-20-11-8-19-9-12-20;3-1(4)2(5)6/h6-7,14-15,19H,8-13H2,1-3H3;(H,3,4)(H,5,6). The van der Waals surface area contributed by atoms with E-state index in [0.29, 0.717) is 12.5 Å². The lowest BCUT2D eigenvalue weighted by Gasteiger charge is -2.24. The fourth-order valence-electron chi connectivity index (χ4n) is 2.45. The summed E-state index contributed by atoms with van der Waals surface area (Å²) in [6.45, 7) is 12.1. The van der Waals surface area contributed by atoms with Crippen LogP contribution in [-0.2, 0) is 9.59 Å². The first-order valence-electron chi connectivity index (χ1n) is 8.89. The van der Waals surface area contributed by atoms with Crippen molar-refractivity contribution in [3.05, 3.63) is 29.3 Å². The van der Waals surface area contributed by atoms with Gasteiger partial charge in [0.05, 0.1) is 6.54 Å². The lowest BCUT2D eigenvalue weighted by Crippen LogP contribution is -2.43. The molecule has 1 aliphatic heterocycles. The number of nitrogens with one attached hydrogen (secondary N) is 1. The van der Waals surface area contributed by atoms with Gasteiger partial charge >= 0.3 is 11.9 Å². The molecule has 0 bridgehead atoms. The van der Waals surface area contributed by atoms with Crippen molar-refractivity contribution in [2.24, 2.45) is 0 Å². The molecule has 0 aliphatic carbocycles. The van der Waals surface area contributed by atoms with Gasteiger partial charge in [-0.2, -0.15) is 0 Å². The third-order valence-electron chi connectivity index (χ3n) is 3.91. The number of aryl methyl sites for hydroxylation is 1. The van der Waals surface area contributed by atoms with Crippen LogP contribution in [0, 0.1) is 18.8 Å². The van der Waals surface area contributed by atoms with Crippen LogP contribution in [0.15, 0.2) is 18.2 Å². The number of carboxylic acid groups (broad SMARTS) is 2. The molecule has 0 saturated carbocycles. The highest BCUT2D eigenvalue weighted by atomic mass is 16.5. The summed E-state index contributed by atoms with van der Waals surface area (Å²) in [5.74, 6) is 4.14. The van der Waals surface area contributed by atoms with Gasteiger partial charge in [-0.05, 0) is 30.0 Å². The van der Waals surface area contributed by atoms with Crippen LogP contribution in [0.25, 0.3) is 0 Å². The molecule has 1 aliphatic rings. The minimum absolute atomic E-state index is 0.467. The van der Waals surface area contributed by atoms with E-state index >= 15 is 0 Å². The SMILES string of the molecule is Cc1ccc(C(C)C)c(OCC#CCN2CCNCC2)c1.O=C(O)C(=O)O. The summed E-state index contributed by atoms with van der Waals surface area (Å²) in [4.78, 5) is 20.6. The van der Waals surface area contributed by atoms with Crippen molar-refractivity contribution < 1.29 is 24.5 Å². The number of hydrogen-bond acceptors (Lipinski definition) is 5. The average Bonchev–Trinajstić information content (AvgIpc) is 2.62. The quantitative estimate of drug-likeness (QED) is 0.542. The van der Waals surface area contributed by atoms with Gasteiger partial charge < -0.3 is 20.3 Å². The zero-order valence-corrected chi connectivity index (χ0v) is 16.1. The summed E-state index contributed by atoms with van der Waals surface area (Å²) >= 11 is 0. The van der Waals surface area contributed by atoms with Crippen molar-refractivity contribution in [2.75, 3.05) is 39.3 Å². The zero-order chi connectivity index (χ0) is 20.2. The summed E-state index contributed by atoms with van der Waals surface area (Å²) in [5, 5.41) is 18.1. The van der Waals surface area contributed by atoms with Crippen LogP contribution in [-0.4, -0.2) is 66.4 Å². The zero-order valence-electron chi connectivity index (χ0n) is 16.1. The van der Waals surface area contributed by atoms with Crippen LogP contribution < -0.4 is 10.1 Å². The highest BCUT2D eigenvalue weighted by Gasteiger charge is 2.08. The second kappa shape index (κ2) is 11.9. The molecule has 0 aromatic heterocycles. The molecule has 3 N–H and O–H groups in total. The van der Waals surface area contributed by atoms with Gasteiger partial charge in [0.15, 0.2) is 0 Å². The first-order valence-corrected chi connectivity index (χ1v) is 8.89. The van der Waals surface area contributed by atoms with E-state index in [1.165, 1.54) is 11.1 Å². The van der Waals surface area contributed by atoms with E-state index < -0.39 is 11.9 Å². The van der Waals surface area contributed by atoms with E-state index in [2.05, 4.69) is 61.0 Å². The number of carboxylic acids is 2. The van der Waals surface area contributed by atoms with Gasteiger partial charge in [0.25, 0.3) is 0 Å². The number of carbonyl (C=O) groups is 2. The van der Waals surface area contributed by atoms with E-state index in [4.69, 9.17) is 24.5 Å². The smallest absolute Gasteiger partial charge is 0.414 e. The van der Waals surface area contributed by atoms with E-state index in [9.17, 15) is 0 Å². The van der Waals surface area contributed by atoms with Gasteiger partial charge in [0.2, 0.25) is 0 Å². The molecule has 0 unspecified atom stereocenters. The van der Waals surface area contributed by atoms with Gasteiger partial charge in [-0.25, -0.2) is 9.59 Å². The van der Waals surface area contributed by atoms with E-state index in [-0.39, 0.29) is 0 Å². The topological polar surface area (TPSA) is 99.1 Å². The van der Waals surface area contributed by atoms with E-state index in [1.54, 1.807) is 0 Å². The summed E-state index contributed by atoms with van der Waals surface area (Å²) < 4.78 is 5.86. The van der Waals surface area contributed by atoms with Crippen molar-refractivity contribution >= 4 is 11.9 Å². The summed E-state index contributed by atoms with van der Waals surface area (Å²) in [7, 11) is 0. The summed E-state index contributed by atoms with van der Waals surface area (Å²) in [5.41, 5.74) is 2.48. The fourth-order valence-corrected chi connectivity index (χ4v) is 2.45. The molecule has 1 saturated heterocycles. The Hall–Kier alpha value is -2.56. The second-order valence-electron chi connectivity index (χ2n) is 6.47. The highest BCUT2D eigenvalue weighted by Crippen LogP contribution is 2.27. The van der Waals surface area contributed by atoms with Gasteiger partial charge in [0, 0.05) is 26.2 Å². The monoisotopic (exact) mass is 376 g/mol. The number of benzene rings is 1. The van der Waals surface area contributed by atoms with Crippen LogP contribution >= 0.6 is 0 Å². The fraction of sp³-hybridized carbons (Fsp3) is 0.500. The molecular weight excluding hydrogens is 348 g/mol. The van der Waals surface area contributed by atoms with Gasteiger partial charge in [0.1, 0.15) is 12.4 Å². The molecule has 0 atom stereocenters. The largest absolute Gasteiger partial charge is 0.481 e. The Labute approximate surface area is 160 Å². The van der Waals surface area contributed by atoms with Gasteiger partial charge in [-0.15, -0.1) is 0 Å². The first-order chi connectivity index (χ1) is 12.8. The van der Waals surface area contributed by atoms with Crippen LogP contribution in [0.4, 0.5) is 0 Å². The molecule has 27 heavy (non-hydrogen) atoms. The molecule has 0 radical (unpaired) electrons. The molecule has 7 heteroatoms. The average molecular weight is 376 g/mol. The molecule has 0 amide bonds. The number of rotatable bonds is 4. The molecule has 148 valence electrons. The maximum absolute atomic E-state index is 9.10. The Morgan fingerprint density at radius 1 is 1.19 bits per heavy atom. The Kier molecular flexibility index (Phi) is 9.94. The Bertz CT molecular complexity index is 673. The maximum atomic E-state index is 9.10. The summed E-state index contributed by atoms with van der Waals surface area (Å²) in [6, 6.07) is 6.40. The number of aliphatic carboxylic acids is 2. The number of ether oxygens (including phenoxy) is 1. The maximum Gasteiger partial charge on any atom is 0.414 e. The van der Waals surface area contributed by atoms with Gasteiger partial charge in [-0.3, -0.25) is 4.90 Å². The van der Waals surface area contributed by atoms with E-state index in [0.717, 1.165) is 38.5 Å². The normalized spacial score (nSPS) is 13.8. The predicted octanol–water partition coefficient (Wildman–Crippen LogP) is 1.56. The van der Waals surface area contributed by atoms with Crippen LogP contribution in [0.3, 0.4) is 0 Å². The van der Waals surface area contributed by atoms with Crippen LogP contribution in [0.5, 0.6) is 5.75 Å². The Morgan fingerprint density at radius 3 is 2.37 bits per heavy atom. The van der Waals surface area contributed by atoms with Crippen molar-refractivity contribution in [1.29, 1.82) is 0 Å². The van der Waals surface area contributed by atoms with Crippen molar-refractivity contribution in [2.45, 2.75) is 26.7 Å². The minimum Gasteiger partial charge on any atom is -0.481 e. The Balaban J connectivity index is 0.000000527. The van der Waals surface area contributed by atoms with Crippen molar-refractivity contribution in [3.8, 4) is 17.6 Å². The third kappa shape index (κ3) is 9.08. The predicted molar refractivity (Wildman–Crippen MR) is 103 cm³/mol. The first kappa shape index (κ1) is 22.5. The van der Waals surface area contributed by atoms with Crippen molar-refractivity contribution in [1.82, 2.24) is 10.2 Å². The Morgan fingerprint density at radius 2 is 1.81 bits per heavy atom. The number of piperazine rings is 1. The molecule has 1 aromatic rings. The van der Waals surface area contributed by atoms with Crippen molar-refractivity contribution in [3.63, 3.8) is 0 Å². The lowest BCUT2D eigenvalue weighted by molar-refractivity contribution is -0.159.